The molecular weight excluding hydrogens is 352 g/mol. The number of anilines is 1. The SMILES string of the molecule is COc1cccc(N2C(=O)[C@H]3CS[C@@H](c4ccc(C)cc4)N3C2=S)c1. The summed E-state index contributed by atoms with van der Waals surface area (Å²) in [7, 11) is 1.62. The van der Waals surface area contributed by atoms with E-state index in [2.05, 4.69) is 36.1 Å². The molecule has 25 heavy (non-hydrogen) atoms. The molecule has 0 saturated carbocycles. The van der Waals surface area contributed by atoms with Gasteiger partial charge in [-0.1, -0.05) is 35.9 Å². The van der Waals surface area contributed by atoms with E-state index in [0.717, 1.165) is 11.4 Å². The molecule has 1 amide bonds. The van der Waals surface area contributed by atoms with Gasteiger partial charge in [0.05, 0.1) is 12.8 Å². The number of thiocarbonyl (C=S) groups is 1. The van der Waals surface area contributed by atoms with E-state index in [4.69, 9.17) is 17.0 Å². The van der Waals surface area contributed by atoms with Gasteiger partial charge in [-0.05, 0) is 36.8 Å². The summed E-state index contributed by atoms with van der Waals surface area (Å²) in [4.78, 5) is 16.7. The summed E-state index contributed by atoms with van der Waals surface area (Å²) in [6.45, 7) is 2.07. The molecule has 0 radical (unpaired) electrons. The number of amides is 1. The monoisotopic (exact) mass is 370 g/mol. The minimum absolute atomic E-state index is 0.0420. The summed E-state index contributed by atoms with van der Waals surface area (Å²) < 4.78 is 5.28. The van der Waals surface area contributed by atoms with Crippen molar-refractivity contribution in [3.05, 3.63) is 59.7 Å². The molecule has 0 N–H and O–H groups in total. The number of carbonyl (C=O) groups excluding carboxylic acids is 1. The number of fused-ring (bicyclic) bond motifs is 1. The number of benzene rings is 2. The normalized spacial score (nSPS) is 22.5. The fraction of sp³-hybridized carbons (Fsp3) is 0.263. The van der Waals surface area contributed by atoms with Gasteiger partial charge in [0.25, 0.3) is 5.91 Å². The molecule has 2 fully saturated rings. The highest BCUT2D eigenvalue weighted by molar-refractivity contribution is 7.99. The van der Waals surface area contributed by atoms with Crippen LogP contribution < -0.4 is 9.64 Å². The summed E-state index contributed by atoms with van der Waals surface area (Å²) in [6, 6.07) is 15.7. The van der Waals surface area contributed by atoms with E-state index in [1.165, 1.54) is 11.1 Å². The molecule has 0 unspecified atom stereocenters. The summed E-state index contributed by atoms with van der Waals surface area (Å²) in [5.74, 6) is 1.50. The Hall–Kier alpha value is -2.05. The Balaban J connectivity index is 1.67. The zero-order chi connectivity index (χ0) is 17.6. The number of rotatable bonds is 3. The Morgan fingerprint density at radius 1 is 1.20 bits per heavy atom. The van der Waals surface area contributed by atoms with Gasteiger partial charge in [-0.25, -0.2) is 0 Å². The van der Waals surface area contributed by atoms with Gasteiger partial charge in [0.15, 0.2) is 5.11 Å². The van der Waals surface area contributed by atoms with Crippen LogP contribution in [0.3, 0.4) is 0 Å². The molecule has 0 aromatic heterocycles. The van der Waals surface area contributed by atoms with Gasteiger partial charge in [-0.3, -0.25) is 9.69 Å². The highest BCUT2D eigenvalue weighted by Gasteiger charge is 2.50. The third-order valence-corrected chi connectivity index (χ3v) is 6.31. The summed E-state index contributed by atoms with van der Waals surface area (Å²) >= 11 is 7.47. The van der Waals surface area contributed by atoms with Crippen LogP contribution in [0.4, 0.5) is 5.69 Å². The van der Waals surface area contributed by atoms with E-state index in [0.29, 0.717) is 10.9 Å². The highest BCUT2D eigenvalue weighted by atomic mass is 32.2. The van der Waals surface area contributed by atoms with Gasteiger partial charge in [0.2, 0.25) is 0 Å². The number of thioether (sulfide) groups is 1. The molecule has 2 aliphatic rings. The predicted molar refractivity (Wildman–Crippen MR) is 105 cm³/mol. The molecule has 4 rings (SSSR count). The predicted octanol–water partition coefficient (Wildman–Crippen LogP) is 3.75. The van der Waals surface area contributed by atoms with Crippen LogP contribution in [0.5, 0.6) is 5.75 Å². The van der Waals surface area contributed by atoms with Gasteiger partial charge >= 0.3 is 0 Å². The molecule has 128 valence electrons. The van der Waals surface area contributed by atoms with Crippen LogP contribution in [0, 0.1) is 6.92 Å². The second-order valence-corrected chi connectivity index (χ2v) is 7.66. The number of ether oxygens (including phenoxy) is 1. The van der Waals surface area contributed by atoms with E-state index in [1.807, 2.05) is 24.3 Å². The van der Waals surface area contributed by atoms with E-state index in [1.54, 1.807) is 23.8 Å². The zero-order valence-electron chi connectivity index (χ0n) is 14.0. The Morgan fingerprint density at radius 3 is 2.68 bits per heavy atom. The lowest BCUT2D eigenvalue weighted by molar-refractivity contribution is -0.119. The van der Waals surface area contributed by atoms with Crippen LogP contribution in [0.1, 0.15) is 16.5 Å². The quantitative estimate of drug-likeness (QED) is 0.769. The van der Waals surface area contributed by atoms with Gasteiger partial charge in [-0.15, -0.1) is 11.8 Å². The van der Waals surface area contributed by atoms with Crippen molar-refractivity contribution in [1.29, 1.82) is 0 Å². The molecule has 2 aromatic carbocycles. The number of aryl methyl sites for hydroxylation is 1. The number of carbonyl (C=O) groups is 1. The zero-order valence-corrected chi connectivity index (χ0v) is 15.6. The largest absolute Gasteiger partial charge is 0.497 e. The Labute approximate surface area is 156 Å². The molecule has 0 bridgehead atoms. The average Bonchev–Trinajstić information content (AvgIpc) is 3.16. The van der Waals surface area contributed by atoms with Crippen molar-refractivity contribution in [2.45, 2.75) is 18.3 Å². The third-order valence-electron chi connectivity index (χ3n) is 4.59. The number of hydrogen-bond acceptors (Lipinski definition) is 4. The van der Waals surface area contributed by atoms with Crippen LogP contribution in [0.15, 0.2) is 48.5 Å². The van der Waals surface area contributed by atoms with Crippen molar-refractivity contribution < 1.29 is 9.53 Å². The van der Waals surface area contributed by atoms with Gasteiger partial charge in [0.1, 0.15) is 17.2 Å². The molecule has 4 nitrogen and oxygen atoms in total. The van der Waals surface area contributed by atoms with Crippen molar-refractivity contribution in [3.63, 3.8) is 0 Å². The minimum Gasteiger partial charge on any atom is -0.497 e. The van der Waals surface area contributed by atoms with E-state index < -0.39 is 0 Å². The molecular formula is C19H18N2O2S2. The molecule has 2 aliphatic heterocycles. The topological polar surface area (TPSA) is 32.8 Å². The summed E-state index contributed by atoms with van der Waals surface area (Å²) in [6.07, 6.45) is 0. The van der Waals surface area contributed by atoms with Crippen LogP contribution in [0.2, 0.25) is 0 Å². The molecule has 2 heterocycles. The third kappa shape index (κ3) is 2.69. The van der Waals surface area contributed by atoms with Crippen molar-refractivity contribution in [2.75, 3.05) is 17.8 Å². The number of nitrogens with zero attached hydrogens (tertiary/aromatic N) is 2. The first kappa shape index (κ1) is 16.4. The van der Waals surface area contributed by atoms with Gasteiger partial charge in [-0.2, -0.15) is 0 Å². The van der Waals surface area contributed by atoms with Gasteiger partial charge < -0.3 is 9.64 Å². The van der Waals surface area contributed by atoms with Crippen molar-refractivity contribution >= 4 is 40.7 Å². The first-order valence-corrected chi connectivity index (χ1v) is 9.54. The number of methoxy groups -OCH3 is 1. The van der Waals surface area contributed by atoms with Crippen LogP contribution in [-0.4, -0.2) is 34.8 Å². The maximum atomic E-state index is 13.0. The summed E-state index contributed by atoms with van der Waals surface area (Å²) in [5, 5.41) is 0.650. The Kier molecular flexibility index (Phi) is 4.17. The molecule has 0 aliphatic carbocycles. The Morgan fingerprint density at radius 2 is 1.96 bits per heavy atom. The van der Waals surface area contributed by atoms with E-state index >= 15 is 0 Å². The minimum atomic E-state index is -0.199. The van der Waals surface area contributed by atoms with Crippen LogP contribution in [0.25, 0.3) is 0 Å². The fourth-order valence-electron chi connectivity index (χ4n) is 3.26. The highest BCUT2D eigenvalue weighted by Crippen LogP contribution is 2.46. The smallest absolute Gasteiger partial charge is 0.257 e. The van der Waals surface area contributed by atoms with Crippen molar-refractivity contribution in [2.24, 2.45) is 0 Å². The number of hydrogen-bond donors (Lipinski definition) is 0. The first-order valence-electron chi connectivity index (χ1n) is 8.08. The first-order chi connectivity index (χ1) is 12.1. The van der Waals surface area contributed by atoms with Crippen LogP contribution in [-0.2, 0) is 4.79 Å². The Bertz CT molecular complexity index is 838. The van der Waals surface area contributed by atoms with Gasteiger partial charge in [0, 0.05) is 11.8 Å². The molecule has 2 atom stereocenters. The molecule has 2 aromatic rings. The molecule has 0 spiro atoms. The van der Waals surface area contributed by atoms with Crippen molar-refractivity contribution in [3.8, 4) is 5.75 Å². The maximum absolute atomic E-state index is 13.0. The standard InChI is InChI=1S/C19H18N2O2S2/c1-12-6-8-13(9-7-12)18-21-16(11-25-18)17(22)20(19(21)24)14-4-3-5-15(10-14)23-2/h3-10,16,18H,11H2,1-2H3/t16-,18+/m1/s1. The van der Waals surface area contributed by atoms with Crippen molar-refractivity contribution in [1.82, 2.24) is 4.90 Å². The average molecular weight is 370 g/mol. The lowest BCUT2D eigenvalue weighted by Crippen LogP contribution is -2.33. The lowest BCUT2D eigenvalue weighted by Gasteiger charge is -2.25. The molecule has 6 heteroatoms. The second kappa shape index (κ2) is 6.35. The maximum Gasteiger partial charge on any atom is 0.257 e. The van der Waals surface area contributed by atoms with Crippen LogP contribution >= 0.6 is 24.0 Å². The summed E-state index contributed by atoms with van der Waals surface area (Å²) in [5.41, 5.74) is 3.17. The fourth-order valence-corrected chi connectivity index (χ4v) is 5.18. The van der Waals surface area contributed by atoms with E-state index in [9.17, 15) is 4.79 Å². The van der Waals surface area contributed by atoms with E-state index in [-0.39, 0.29) is 17.3 Å². The second-order valence-electron chi connectivity index (χ2n) is 6.18. The molecule has 2 saturated heterocycles. The lowest BCUT2D eigenvalue weighted by atomic mass is 10.1.